The number of aliphatic hydroxyl groups is 1. The van der Waals surface area contributed by atoms with E-state index in [1.54, 1.807) is 24.3 Å². The van der Waals surface area contributed by atoms with Crippen LogP contribution in [0.25, 0.3) is 0 Å². The van der Waals surface area contributed by atoms with Gasteiger partial charge in [-0.15, -0.1) is 0 Å². The van der Waals surface area contributed by atoms with Gasteiger partial charge in [0.25, 0.3) is 0 Å². The van der Waals surface area contributed by atoms with Gasteiger partial charge in [0.1, 0.15) is 0 Å². The summed E-state index contributed by atoms with van der Waals surface area (Å²) in [5, 5.41) is 8.86. The van der Waals surface area contributed by atoms with Crippen LogP contribution in [0.2, 0.25) is 0 Å². The molecule has 6 heteroatoms. The van der Waals surface area contributed by atoms with E-state index in [1.165, 1.54) is 11.4 Å². The monoisotopic (exact) mass is 244 g/mol. The smallest absolute Gasteiger partial charge is 0.231 e. The molecule has 0 fully saturated rings. The van der Waals surface area contributed by atoms with Crippen molar-refractivity contribution in [2.45, 2.75) is 6.04 Å². The minimum Gasteiger partial charge on any atom is -0.394 e. The van der Waals surface area contributed by atoms with Gasteiger partial charge < -0.3 is 10.8 Å². The Bertz CT molecular complexity index is 442. The van der Waals surface area contributed by atoms with Gasteiger partial charge in [-0.3, -0.25) is 4.31 Å². The normalized spacial score (nSPS) is 13.5. The Morgan fingerprint density at radius 3 is 2.25 bits per heavy atom. The number of rotatable bonds is 4. The molecule has 0 radical (unpaired) electrons. The summed E-state index contributed by atoms with van der Waals surface area (Å²) in [6.07, 6.45) is 1.14. The van der Waals surface area contributed by atoms with Gasteiger partial charge in [0.2, 0.25) is 10.0 Å². The third-order valence-corrected chi connectivity index (χ3v) is 3.58. The Hall–Kier alpha value is -1.11. The van der Waals surface area contributed by atoms with Crippen molar-refractivity contribution in [2.75, 3.05) is 24.2 Å². The van der Waals surface area contributed by atoms with Gasteiger partial charge in [0, 0.05) is 7.05 Å². The summed E-state index contributed by atoms with van der Waals surface area (Å²) in [7, 11) is -1.76. The standard InChI is InChI=1S/C10H16N2O3S/c1-12(16(2,14)15)9-5-3-8(4-6-9)10(11)7-13/h3-6,10,13H,7,11H2,1-2H3. The molecule has 90 valence electrons. The van der Waals surface area contributed by atoms with Crippen molar-refractivity contribution in [3.05, 3.63) is 29.8 Å². The van der Waals surface area contributed by atoms with Crippen molar-refractivity contribution in [3.8, 4) is 0 Å². The van der Waals surface area contributed by atoms with Crippen LogP contribution in [0.3, 0.4) is 0 Å². The van der Waals surface area contributed by atoms with Crippen LogP contribution in [0.1, 0.15) is 11.6 Å². The predicted octanol–water partition coefficient (Wildman–Crippen LogP) is 0.0745. The van der Waals surface area contributed by atoms with Crippen molar-refractivity contribution in [3.63, 3.8) is 0 Å². The molecule has 1 atom stereocenters. The molecule has 3 N–H and O–H groups in total. The molecule has 0 aliphatic carbocycles. The predicted molar refractivity (Wildman–Crippen MR) is 63.7 cm³/mol. The highest BCUT2D eigenvalue weighted by atomic mass is 32.2. The molecule has 0 bridgehead atoms. The van der Waals surface area contributed by atoms with Crippen LogP contribution < -0.4 is 10.0 Å². The second-order valence-electron chi connectivity index (χ2n) is 3.61. The van der Waals surface area contributed by atoms with Crippen LogP contribution in [0, 0.1) is 0 Å². The van der Waals surface area contributed by atoms with E-state index in [1.807, 2.05) is 0 Å². The van der Waals surface area contributed by atoms with E-state index < -0.39 is 16.1 Å². The molecule has 0 aliphatic rings. The average Bonchev–Trinajstić information content (AvgIpc) is 2.26. The maximum Gasteiger partial charge on any atom is 0.231 e. The van der Waals surface area contributed by atoms with Gasteiger partial charge in [0.15, 0.2) is 0 Å². The first-order valence-corrected chi connectivity index (χ1v) is 6.61. The van der Waals surface area contributed by atoms with Gasteiger partial charge >= 0.3 is 0 Å². The Balaban J connectivity index is 2.96. The van der Waals surface area contributed by atoms with Gasteiger partial charge in [-0.2, -0.15) is 0 Å². The van der Waals surface area contributed by atoms with E-state index >= 15 is 0 Å². The third kappa shape index (κ3) is 2.94. The fourth-order valence-electron chi connectivity index (χ4n) is 1.23. The van der Waals surface area contributed by atoms with Crippen molar-refractivity contribution >= 4 is 15.7 Å². The molecule has 5 nitrogen and oxygen atoms in total. The van der Waals surface area contributed by atoms with E-state index in [2.05, 4.69) is 0 Å². The molecule has 1 aromatic carbocycles. The second kappa shape index (κ2) is 4.82. The maximum atomic E-state index is 11.3. The molecule has 1 aromatic rings. The highest BCUT2D eigenvalue weighted by Gasteiger charge is 2.12. The molecule has 1 unspecified atom stereocenters. The van der Waals surface area contributed by atoms with Gasteiger partial charge in [-0.25, -0.2) is 8.42 Å². The summed E-state index contributed by atoms with van der Waals surface area (Å²) in [4.78, 5) is 0. The lowest BCUT2D eigenvalue weighted by molar-refractivity contribution is 0.268. The fourth-order valence-corrected chi connectivity index (χ4v) is 1.73. The lowest BCUT2D eigenvalue weighted by Crippen LogP contribution is -2.24. The largest absolute Gasteiger partial charge is 0.394 e. The number of benzene rings is 1. The van der Waals surface area contributed by atoms with E-state index in [9.17, 15) is 8.42 Å². The zero-order chi connectivity index (χ0) is 12.3. The zero-order valence-corrected chi connectivity index (χ0v) is 10.1. The lowest BCUT2D eigenvalue weighted by atomic mass is 10.1. The molecule has 0 spiro atoms. The molecule has 0 saturated heterocycles. The molecule has 1 rings (SSSR count). The lowest BCUT2D eigenvalue weighted by Gasteiger charge is -2.17. The molecular formula is C10H16N2O3S. The average molecular weight is 244 g/mol. The van der Waals surface area contributed by atoms with Crippen LogP contribution in [-0.2, 0) is 10.0 Å². The van der Waals surface area contributed by atoms with Gasteiger partial charge in [0.05, 0.1) is 24.6 Å². The number of hydrogen-bond donors (Lipinski definition) is 2. The van der Waals surface area contributed by atoms with Crippen LogP contribution in [0.5, 0.6) is 0 Å². The van der Waals surface area contributed by atoms with E-state index in [-0.39, 0.29) is 6.61 Å². The fraction of sp³-hybridized carbons (Fsp3) is 0.400. The minimum atomic E-state index is -3.24. The van der Waals surface area contributed by atoms with Crippen LogP contribution >= 0.6 is 0 Å². The minimum absolute atomic E-state index is 0.138. The Labute approximate surface area is 95.5 Å². The van der Waals surface area contributed by atoms with Crippen molar-refractivity contribution in [1.29, 1.82) is 0 Å². The molecule has 0 saturated carbocycles. The molecular weight excluding hydrogens is 228 g/mol. The van der Waals surface area contributed by atoms with Gasteiger partial charge in [-0.1, -0.05) is 12.1 Å². The summed E-state index contributed by atoms with van der Waals surface area (Å²) >= 11 is 0. The van der Waals surface area contributed by atoms with Crippen LogP contribution in [0.4, 0.5) is 5.69 Å². The first-order valence-electron chi connectivity index (χ1n) is 4.76. The Morgan fingerprint density at radius 1 is 1.38 bits per heavy atom. The number of nitrogens with zero attached hydrogens (tertiary/aromatic N) is 1. The molecule has 16 heavy (non-hydrogen) atoms. The Kier molecular flexibility index (Phi) is 3.90. The van der Waals surface area contributed by atoms with Crippen molar-refractivity contribution in [1.82, 2.24) is 0 Å². The summed E-state index contributed by atoms with van der Waals surface area (Å²) in [6, 6.07) is 6.30. The molecule has 0 heterocycles. The molecule has 0 aromatic heterocycles. The number of aliphatic hydroxyl groups excluding tert-OH is 1. The highest BCUT2D eigenvalue weighted by molar-refractivity contribution is 7.92. The number of hydrogen-bond acceptors (Lipinski definition) is 4. The van der Waals surface area contributed by atoms with E-state index in [0.717, 1.165) is 11.8 Å². The quantitative estimate of drug-likeness (QED) is 0.785. The summed E-state index contributed by atoms with van der Waals surface area (Å²) < 4.78 is 23.7. The summed E-state index contributed by atoms with van der Waals surface area (Å²) in [5.41, 5.74) is 6.96. The third-order valence-electron chi connectivity index (χ3n) is 2.38. The van der Waals surface area contributed by atoms with Crippen LogP contribution in [-0.4, -0.2) is 33.4 Å². The van der Waals surface area contributed by atoms with Crippen molar-refractivity contribution < 1.29 is 13.5 Å². The van der Waals surface area contributed by atoms with E-state index in [4.69, 9.17) is 10.8 Å². The molecule has 0 aliphatic heterocycles. The van der Waals surface area contributed by atoms with Crippen LogP contribution in [0.15, 0.2) is 24.3 Å². The first kappa shape index (κ1) is 13.0. The summed E-state index contributed by atoms with van der Waals surface area (Å²) in [5.74, 6) is 0. The van der Waals surface area contributed by atoms with Crippen molar-refractivity contribution in [2.24, 2.45) is 5.73 Å². The number of anilines is 1. The molecule has 0 amide bonds. The Morgan fingerprint density at radius 2 is 1.88 bits per heavy atom. The second-order valence-corrected chi connectivity index (χ2v) is 5.62. The van der Waals surface area contributed by atoms with E-state index in [0.29, 0.717) is 5.69 Å². The number of sulfonamides is 1. The number of nitrogens with two attached hydrogens (primary N) is 1. The first-order chi connectivity index (χ1) is 7.36. The van der Waals surface area contributed by atoms with Gasteiger partial charge in [-0.05, 0) is 17.7 Å². The summed E-state index contributed by atoms with van der Waals surface area (Å²) in [6.45, 7) is -0.138. The highest BCUT2D eigenvalue weighted by Crippen LogP contribution is 2.18. The zero-order valence-electron chi connectivity index (χ0n) is 9.29. The topological polar surface area (TPSA) is 83.6 Å². The SMILES string of the molecule is CN(c1ccc(C(N)CO)cc1)S(C)(=O)=O. The maximum absolute atomic E-state index is 11.3.